The standard InChI is InChI=1S/C15H22N4OS/c1-10-7-13(11(2)20-10)8-18-15(16-4)17-6-5-14-9-21-12(3)19-14/h7,9H,5-6,8H2,1-4H3,(H2,16,17,18). The number of guanidine groups is 1. The molecule has 0 aromatic carbocycles. The minimum atomic E-state index is 0.707. The smallest absolute Gasteiger partial charge is 0.191 e. The Bertz CT molecular complexity index is 615. The largest absolute Gasteiger partial charge is 0.466 e. The molecule has 0 aliphatic heterocycles. The number of furan rings is 1. The normalized spacial score (nSPS) is 11.7. The van der Waals surface area contributed by atoms with E-state index >= 15 is 0 Å². The molecule has 0 fully saturated rings. The summed E-state index contributed by atoms with van der Waals surface area (Å²) in [5.74, 6) is 2.68. The number of nitrogens with zero attached hydrogens (tertiary/aromatic N) is 2. The molecule has 0 spiro atoms. The molecule has 21 heavy (non-hydrogen) atoms. The second kappa shape index (κ2) is 7.26. The lowest BCUT2D eigenvalue weighted by Crippen LogP contribution is -2.37. The molecular formula is C15H22N4OS. The van der Waals surface area contributed by atoms with Crippen molar-refractivity contribution in [1.82, 2.24) is 15.6 Å². The summed E-state index contributed by atoms with van der Waals surface area (Å²) in [5.41, 5.74) is 2.28. The van der Waals surface area contributed by atoms with Crippen LogP contribution in [0.15, 0.2) is 20.9 Å². The predicted molar refractivity (Wildman–Crippen MR) is 86.9 cm³/mol. The first-order valence-corrected chi connectivity index (χ1v) is 7.88. The number of aryl methyl sites for hydroxylation is 3. The summed E-state index contributed by atoms with van der Waals surface area (Å²) < 4.78 is 5.51. The lowest BCUT2D eigenvalue weighted by molar-refractivity contribution is 0.500. The van der Waals surface area contributed by atoms with E-state index in [1.807, 2.05) is 26.8 Å². The molecule has 2 aromatic rings. The van der Waals surface area contributed by atoms with Gasteiger partial charge in [-0.1, -0.05) is 0 Å². The van der Waals surface area contributed by atoms with Crippen molar-refractivity contribution in [3.8, 4) is 0 Å². The summed E-state index contributed by atoms with van der Waals surface area (Å²) in [6.07, 6.45) is 0.898. The van der Waals surface area contributed by atoms with E-state index in [0.29, 0.717) is 6.54 Å². The van der Waals surface area contributed by atoms with E-state index in [4.69, 9.17) is 4.42 Å². The number of hydrogen-bond donors (Lipinski definition) is 2. The van der Waals surface area contributed by atoms with Crippen LogP contribution in [0.4, 0.5) is 0 Å². The van der Waals surface area contributed by atoms with Crippen molar-refractivity contribution in [2.24, 2.45) is 4.99 Å². The van der Waals surface area contributed by atoms with E-state index in [2.05, 4.69) is 26.0 Å². The Balaban J connectivity index is 1.77. The van der Waals surface area contributed by atoms with Crippen LogP contribution < -0.4 is 10.6 Å². The number of aromatic nitrogens is 1. The van der Waals surface area contributed by atoms with Crippen molar-refractivity contribution in [1.29, 1.82) is 0 Å². The van der Waals surface area contributed by atoms with Crippen molar-refractivity contribution in [3.05, 3.63) is 39.2 Å². The Labute approximate surface area is 129 Å². The molecule has 0 radical (unpaired) electrons. The summed E-state index contributed by atoms with van der Waals surface area (Å²) in [7, 11) is 1.77. The maximum Gasteiger partial charge on any atom is 0.191 e. The van der Waals surface area contributed by atoms with Gasteiger partial charge < -0.3 is 15.1 Å². The Hall–Kier alpha value is -1.82. The van der Waals surface area contributed by atoms with Gasteiger partial charge in [0.2, 0.25) is 0 Å². The monoisotopic (exact) mass is 306 g/mol. The predicted octanol–water partition coefficient (Wildman–Crippen LogP) is 2.57. The van der Waals surface area contributed by atoms with Gasteiger partial charge in [0.25, 0.3) is 0 Å². The van der Waals surface area contributed by atoms with Crippen LogP contribution in [0.2, 0.25) is 0 Å². The second-order valence-electron chi connectivity index (χ2n) is 4.90. The van der Waals surface area contributed by atoms with Crippen molar-refractivity contribution in [3.63, 3.8) is 0 Å². The first-order valence-electron chi connectivity index (χ1n) is 7.00. The Morgan fingerprint density at radius 3 is 2.71 bits per heavy atom. The van der Waals surface area contributed by atoms with E-state index in [0.717, 1.165) is 46.7 Å². The first kappa shape index (κ1) is 15.6. The van der Waals surface area contributed by atoms with Crippen LogP contribution in [0.1, 0.15) is 27.8 Å². The Kier molecular flexibility index (Phi) is 5.38. The lowest BCUT2D eigenvalue weighted by Gasteiger charge is -2.10. The average Bonchev–Trinajstić information content (AvgIpc) is 2.99. The summed E-state index contributed by atoms with van der Waals surface area (Å²) in [4.78, 5) is 8.67. The lowest BCUT2D eigenvalue weighted by atomic mass is 10.2. The first-order chi connectivity index (χ1) is 10.1. The fourth-order valence-corrected chi connectivity index (χ4v) is 2.74. The van der Waals surface area contributed by atoms with Crippen molar-refractivity contribution >= 4 is 17.3 Å². The van der Waals surface area contributed by atoms with E-state index in [1.165, 1.54) is 0 Å². The summed E-state index contributed by atoms with van der Waals surface area (Å²) >= 11 is 1.69. The molecule has 2 rings (SSSR count). The summed E-state index contributed by atoms with van der Waals surface area (Å²) in [5, 5.41) is 9.80. The SMILES string of the molecule is CN=C(NCCc1csc(C)n1)NCc1cc(C)oc1C. The van der Waals surface area contributed by atoms with Crippen LogP contribution in [0.3, 0.4) is 0 Å². The van der Waals surface area contributed by atoms with E-state index in [1.54, 1.807) is 18.4 Å². The molecule has 2 heterocycles. The summed E-state index contributed by atoms with van der Waals surface area (Å²) in [6, 6.07) is 2.05. The number of rotatable bonds is 5. The van der Waals surface area contributed by atoms with Crippen molar-refractivity contribution in [2.75, 3.05) is 13.6 Å². The molecule has 0 bridgehead atoms. The maximum atomic E-state index is 5.51. The van der Waals surface area contributed by atoms with Gasteiger partial charge in [-0.05, 0) is 26.8 Å². The van der Waals surface area contributed by atoms with Crippen molar-refractivity contribution in [2.45, 2.75) is 33.7 Å². The van der Waals surface area contributed by atoms with Gasteiger partial charge in [0.15, 0.2) is 5.96 Å². The minimum absolute atomic E-state index is 0.707. The number of thiazole rings is 1. The third-order valence-electron chi connectivity index (χ3n) is 3.15. The van der Waals surface area contributed by atoms with Crippen LogP contribution in [-0.4, -0.2) is 24.5 Å². The fourth-order valence-electron chi connectivity index (χ4n) is 2.09. The van der Waals surface area contributed by atoms with Gasteiger partial charge in [0, 0.05) is 37.5 Å². The van der Waals surface area contributed by atoms with Crippen LogP contribution in [0, 0.1) is 20.8 Å². The van der Waals surface area contributed by atoms with Gasteiger partial charge in [-0.2, -0.15) is 0 Å². The highest BCUT2D eigenvalue weighted by Crippen LogP contribution is 2.13. The van der Waals surface area contributed by atoms with Crippen LogP contribution in [0.25, 0.3) is 0 Å². The van der Waals surface area contributed by atoms with Gasteiger partial charge in [-0.3, -0.25) is 4.99 Å². The van der Waals surface area contributed by atoms with E-state index in [9.17, 15) is 0 Å². The molecule has 0 amide bonds. The van der Waals surface area contributed by atoms with Crippen LogP contribution >= 0.6 is 11.3 Å². The van der Waals surface area contributed by atoms with Crippen LogP contribution in [-0.2, 0) is 13.0 Å². The van der Waals surface area contributed by atoms with E-state index in [-0.39, 0.29) is 0 Å². The fraction of sp³-hybridized carbons (Fsp3) is 0.467. The Morgan fingerprint density at radius 2 is 2.14 bits per heavy atom. The van der Waals surface area contributed by atoms with Gasteiger partial charge in [-0.25, -0.2) is 4.98 Å². The van der Waals surface area contributed by atoms with Gasteiger partial charge in [0.05, 0.1) is 10.7 Å². The zero-order valence-corrected chi connectivity index (χ0v) is 13.8. The molecule has 0 aliphatic rings. The highest BCUT2D eigenvalue weighted by molar-refractivity contribution is 7.09. The van der Waals surface area contributed by atoms with Crippen LogP contribution in [0.5, 0.6) is 0 Å². The number of aliphatic imine (C=N–C) groups is 1. The second-order valence-corrected chi connectivity index (χ2v) is 5.96. The number of nitrogens with one attached hydrogen (secondary N) is 2. The zero-order valence-electron chi connectivity index (χ0n) is 13.0. The van der Waals surface area contributed by atoms with Gasteiger partial charge >= 0.3 is 0 Å². The molecule has 0 atom stereocenters. The molecule has 2 aromatic heterocycles. The molecule has 0 saturated heterocycles. The topological polar surface area (TPSA) is 62.5 Å². The molecule has 2 N–H and O–H groups in total. The third-order valence-corrected chi connectivity index (χ3v) is 3.98. The average molecular weight is 306 g/mol. The quantitative estimate of drug-likeness (QED) is 0.658. The maximum absolute atomic E-state index is 5.51. The van der Waals surface area contributed by atoms with E-state index < -0.39 is 0 Å². The molecular weight excluding hydrogens is 284 g/mol. The molecule has 0 unspecified atom stereocenters. The molecule has 0 aliphatic carbocycles. The summed E-state index contributed by atoms with van der Waals surface area (Å²) in [6.45, 7) is 7.48. The van der Waals surface area contributed by atoms with Gasteiger partial charge in [0.1, 0.15) is 11.5 Å². The molecule has 0 saturated carbocycles. The zero-order chi connectivity index (χ0) is 15.2. The van der Waals surface area contributed by atoms with Gasteiger partial charge in [-0.15, -0.1) is 11.3 Å². The Morgan fingerprint density at radius 1 is 1.33 bits per heavy atom. The molecule has 6 heteroatoms. The highest BCUT2D eigenvalue weighted by atomic mass is 32.1. The molecule has 114 valence electrons. The minimum Gasteiger partial charge on any atom is -0.466 e. The highest BCUT2D eigenvalue weighted by Gasteiger charge is 2.05. The number of hydrogen-bond acceptors (Lipinski definition) is 4. The van der Waals surface area contributed by atoms with Crippen molar-refractivity contribution < 1.29 is 4.42 Å². The molecule has 5 nitrogen and oxygen atoms in total. The third kappa shape index (κ3) is 4.60.